The van der Waals surface area contributed by atoms with Crippen molar-refractivity contribution in [3.8, 4) is 0 Å². The highest BCUT2D eigenvalue weighted by Gasteiger charge is 2.46. The lowest BCUT2D eigenvalue weighted by Crippen LogP contribution is -2.28. The number of cyclic esters (lactones) is 1. The molecule has 0 spiro atoms. The minimum Gasteiger partial charge on any atom is -0.417 e. The van der Waals surface area contributed by atoms with Crippen LogP contribution in [-0.4, -0.2) is 16.9 Å². The maximum absolute atomic E-state index is 11.4. The average molecular weight is 207 g/mol. The third kappa shape index (κ3) is 1.45. The van der Waals surface area contributed by atoms with E-state index < -0.39 is 17.7 Å². The molecule has 0 amide bonds. The molecule has 1 aromatic rings. The molecule has 0 aromatic carbocycles. The number of nitrogens with zero attached hydrogens (tertiary/aromatic N) is 1. The van der Waals surface area contributed by atoms with Gasteiger partial charge in [0.05, 0.1) is 5.56 Å². The van der Waals surface area contributed by atoms with Crippen LogP contribution in [0.1, 0.15) is 29.9 Å². The lowest BCUT2D eigenvalue weighted by atomic mass is 10.1. The zero-order valence-corrected chi connectivity index (χ0v) is 8.31. The Labute approximate surface area is 86.0 Å². The van der Waals surface area contributed by atoms with Crippen molar-refractivity contribution in [2.24, 2.45) is 0 Å². The fraction of sp³-hybridized carbons (Fsp3) is 0.300. The minimum absolute atomic E-state index is 0.334. The van der Waals surface area contributed by atoms with Gasteiger partial charge in [0.15, 0.2) is 0 Å². The summed E-state index contributed by atoms with van der Waals surface area (Å²) in [6.45, 7) is 2.74. The zero-order valence-electron chi connectivity index (χ0n) is 8.31. The molecule has 1 aromatic heterocycles. The van der Waals surface area contributed by atoms with Crippen LogP contribution in [0.5, 0.6) is 0 Å². The van der Waals surface area contributed by atoms with E-state index in [0.29, 0.717) is 11.3 Å². The smallest absolute Gasteiger partial charge is 0.343 e. The Balaban J connectivity index is 2.47. The van der Waals surface area contributed by atoms with Crippen LogP contribution in [0.4, 0.5) is 0 Å². The first-order valence-corrected chi connectivity index (χ1v) is 4.41. The molecule has 2 heterocycles. The van der Waals surface area contributed by atoms with Gasteiger partial charge in [-0.2, -0.15) is 0 Å². The van der Waals surface area contributed by atoms with Gasteiger partial charge in [-0.05, 0) is 12.1 Å². The van der Waals surface area contributed by atoms with Gasteiger partial charge in [0.1, 0.15) is 5.69 Å². The van der Waals surface area contributed by atoms with Crippen LogP contribution in [-0.2, 0) is 20.1 Å². The Morgan fingerprint density at radius 2 is 2.33 bits per heavy atom. The van der Waals surface area contributed by atoms with Gasteiger partial charge in [-0.1, -0.05) is 0 Å². The van der Waals surface area contributed by atoms with E-state index in [4.69, 9.17) is 9.47 Å². The number of carbonyl (C=O) groups is 2. The summed E-state index contributed by atoms with van der Waals surface area (Å²) in [5.74, 6) is -2.44. The molecule has 15 heavy (non-hydrogen) atoms. The summed E-state index contributed by atoms with van der Waals surface area (Å²) in [5, 5.41) is 0. The Kier molecular flexibility index (Phi) is 1.96. The van der Waals surface area contributed by atoms with Gasteiger partial charge < -0.3 is 9.47 Å². The fourth-order valence-electron chi connectivity index (χ4n) is 1.56. The van der Waals surface area contributed by atoms with Gasteiger partial charge in [-0.25, -0.2) is 4.79 Å². The fourth-order valence-corrected chi connectivity index (χ4v) is 1.56. The van der Waals surface area contributed by atoms with E-state index in [0.717, 1.165) is 0 Å². The van der Waals surface area contributed by atoms with Crippen LogP contribution in [0.15, 0.2) is 18.3 Å². The highest BCUT2D eigenvalue weighted by atomic mass is 16.7. The highest BCUT2D eigenvalue weighted by molar-refractivity contribution is 5.94. The number of aromatic nitrogens is 1. The molecule has 5 heteroatoms. The summed E-state index contributed by atoms with van der Waals surface area (Å²) >= 11 is 0. The first-order valence-electron chi connectivity index (χ1n) is 4.41. The van der Waals surface area contributed by atoms with E-state index in [1.54, 1.807) is 12.1 Å². The van der Waals surface area contributed by atoms with Crippen molar-refractivity contribution >= 4 is 11.9 Å². The first-order chi connectivity index (χ1) is 7.03. The van der Waals surface area contributed by atoms with Gasteiger partial charge in [0.25, 0.3) is 5.79 Å². The van der Waals surface area contributed by atoms with Crippen molar-refractivity contribution in [2.45, 2.75) is 19.6 Å². The zero-order chi connectivity index (χ0) is 11.1. The van der Waals surface area contributed by atoms with Crippen LogP contribution in [0.2, 0.25) is 0 Å². The quantitative estimate of drug-likeness (QED) is 0.642. The lowest BCUT2D eigenvalue weighted by molar-refractivity contribution is -0.201. The van der Waals surface area contributed by atoms with Crippen LogP contribution >= 0.6 is 0 Å². The number of ether oxygens (including phenoxy) is 2. The van der Waals surface area contributed by atoms with Crippen molar-refractivity contribution in [3.63, 3.8) is 0 Å². The number of pyridine rings is 1. The SMILES string of the molecule is CC(=O)OC1(C)OC(=O)c2cccnc21. The van der Waals surface area contributed by atoms with Crippen molar-refractivity contribution < 1.29 is 19.1 Å². The number of carbonyl (C=O) groups excluding carboxylic acids is 2. The normalized spacial score (nSPS) is 23.2. The number of rotatable bonds is 1. The highest BCUT2D eigenvalue weighted by Crippen LogP contribution is 2.35. The standard InChI is InChI=1S/C10H9NO4/c1-6(12)14-10(2)8-7(9(13)15-10)4-3-5-11-8/h3-5H,1-2H3. The predicted molar refractivity (Wildman–Crippen MR) is 48.8 cm³/mol. The predicted octanol–water partition coefficient (Wildman–Crippen LogP) is 0.988. The van der Waals surface area contributed by atoms with Gasteiger partial charge in [-0.3, -0.25) is 9.78 Å². The number of hydrogen-bond acceptors (Lipinski definition) is 5. The molecule has 0 aliphatic carbocycles. The molecular weight excluding hydrogens is 198 g/mol. The van der Waals surface area contributed by atoms with E-state index in [1.165, 1.54) is 20.0 Å². The van der Waals surface area contributed by atoms with Crippen molar-refractivity contribution in [3.05, 3.63) is 29.6 Å². The summed E-state index contributed by atoms with van der Waals surface area (Å²) in [6, 6.07) is 3.21. The number of hydrogen-bond donors (Lipinski definition) is 0. The van der Waals surface area contributed by atoms with E-state index >= 15 is 0 Å². The van der Waals surface area contributed by atoms with E-state index in [2.05, 4.69) is 4.98 Å². The molecule has 5 nitrogen and oxygen atoms in total. The second kappa shape index (κ2) is 3.05. The number of fused-ring (bicyclic) bond motifs is 1. The van der Waals surface area contributed by atoms with E-state index in [-0.39, 0.29) is 0 Å². The molecule has 0 radical (unpaired) electrons. The molecule has 0 saturated carbocycles. The largest absolute Gasteiger partial charge is 0.417 e. The molecule has 1 unspecified atom stereocenters. The third-order valence-electron chi connectivity index (χ3n) is 2.08. The van der Waals surface area contributed by atoms with Crippen LogP contribution in [0.25, 0.3) is 0 Å². The van der Waals surface area contributed by atoms with Gasteiger partial charge in [0.2, 0.25) is 0 Å². The third-order valence-corrected chi connectivity index (χ3v) is 2.08. The second-order valence-electron chi connectivity index (χ2n) is 3.33. The summed E-state index contributed by atoms with van der Waals surface area (Å²) < 4.78 is 9.94. The van der Waals surface area contributed by atoms with Crippen molar-refractivity contribution in [1.29, 1.82) is 0 Å². The molecule has 0 saturated heterocycles. The van der Waals surface area contributed by atoms with Crippen molar-refractivity contribution in [1.82, 2.24) is 4.98 Å². The summed E-state index contributed by atoms with van der Waals surface area (Å²) in [7, 11) is 0. The van der Waals surface area contributed by atoms with Gasteiger partial charge in [-0.15, -0.1) is 0 Å². The minimum atomic E-state index is -1.39. The molecule has 1 atom stereocenters. The van der Waals surface area contributed by atoms with Crippen LogP contribution in [0.3, 0.4) is 0 Å². The molecule has 0 fully saturated rings. The molecular formula is C10H9NO4. The maximum atomic E-state index is 11.4. The van der Waals surface area contributed by atoms with Crippen LogP contribution in [0, 0.1) is 0 Å². The van der Waals surface area contributed by atoms with Crippen LogP contribution < -0.4 is 0 Å². The molecule has 1 aliphatic heterocycles. The van der Waals surface area contributed by atoms with Crippen molar-refractivity contribution in [2.75, 3.05) is 0 Å². The van der Waals surface area contributed by atoms with E-state index in [9.17, 15) is 9.59 Å². The molecule has 2 rings (SSSR count). The van der Waals surface area contributed by atoms with Gasteiger partial charge in [0, 0.05) is 20.0 Å². The Bertz CT molecular complexity index is 439. The first kappa shape index (κ1) is 9.64. The molecule has 78 valence electrons. The Morgan fingerprint density at radius 3 is 3.00 bits per heavy atom. The number of esters is 2. The monoisotopic (exact) mass is 207 g/mol. The average Bonchev–Trinajstić information content (AvgIpc) is 2.39. The molecule has 1 aliphatic rings. The summed E-state index contributed by atoms with van der Waals surface area (Å²) in [4.78, 5) is 26.3. The molecule has 0 bridgehead atoms. The Morgan fingerprint density at radius 1 is 1.60 bits per heavy atom. The Hall–Kier alpha value is -1.91. The summed E-state index contributed by atoms with van der Waals surface area (Å²) in [5.41, 5.74) is 0.673. The second-order valence-corrected chi connectivity index (χ2v) is 3.33. The maximum Gasteiger partial charge on any atom is 0.343 e. The molecule has 0 N–H and O–H groups in total. The van der Waals surface area contributed by atoms with Gasteiger partial charge >= 0.3 is 11.9 Å². The summed E-state index contributed by atoms with van der Waals surface area (Å²) in [6.07, 6.45) is 1.52. The lowest BCUT2D eigenvalue weighted by Gasteiger charge is -2.21. The van der Waals surface area contributed by atoms with E-state index in [1.807, 2.05) is 0 Å². The topological polar surface area (TPSA) is 65.5 Å².